The molecule has 0 aliphatic heterocycles. The monoisotopic (exact) mass is 153 g/mol. The van der Waals surface area contributed by atoms with Gasteiger partial charge in [0.1, 0.15) is 5.76 Å². The predicted octanol–water partition coefficient (Wildman–Crippen LogP) is 1.83. The van der Waals surface area contributed by atoms with E-state index in [2.05, 4.69) is 18.5 Å². The minimum Gasteiger partial charge on any atom is -0.495 e. The Morgan fingerprint density at radius 1 is 1.45 bits per heavy atom. The quantitative estimate of drug-likeness (QED) is 0.491. The van der Waals surface area contributed by atoms with Gasteiger partial charge in [-0.2, -0.15) is 0 Å². The topological polar surface area (TPSA) is 21.3 Å². The molecule has 0 aliphatic rings. The van der Waals surface area contributed by atoms with E-state index in [4.69, 9.17) is 4.74 Å². The number of rotatable bonds is 4. The first-order valence-electron chi connectivity index (χ1n) is 3.40. The number of nitrogens with one attached hydrogen (secondary N) is 1. The zero-order chi connectivity index (χ0) is 8.85. The van der Waals surface area contributed by atoms with Crippen LogP contribution in [0, 0.1) is 0 Å². The van der Waals surface area contributed by atoms with Crippen molar-refractivity contribution < 1.29 is 4.74 Å². The number of ether oxygens (including phenoxy) is 1. The van der Waals surface area contributed by atoms with E-state index < -0.39 is 0 Å². The highest BCUT2D eigenvalue weighted by molar-refractivity contribution is 5.38. The third kappa shape index (κ3) is 2.94. The zero-order valence-corrected chi connectivity index (χ0v) is 7.40. The van der Waals surface area contributed by atoms with E-state index in [1.165, 1.54) is 0 Å². The van der Waals surface area contributed by atoms with Crippen molar-refractivity contribution in [1.82, 2.24) is 5.32 Å². The molecule has 11 heavy (non-hydrogen) atoms. The molecule has 62 valence electrons. The van der Waals surface area contributed by atoms with Gasteiger partial charge in [0.2, 0.25) is 0 Å². The van der Waals surface area contributed by atoms with Crippen LogP contribution >= 0.6 is 0 Å². The summed E-state index contributed by atoms with van der Waals surface area (Å²) in [5.41, 5.74) is 1.73. The van der Waals surface area contributed by atoms with E-state index >= 15 is 0 Å². The molecule has 0 aromatic heterocycles. The van der Waals surface area contributed by atoms with Crippen molar-refractivity contribution in [3.8, 4) is 0 Å². The number of allylic oxidation sites excluding steroid dienone is 1. The molecule has 0 fully saturated rings. The van der Waals surface area contributed by atoms with Crippen LogP contribution in [0.5, 0.6) is 0 Å². The van der Waals surface area contributed by atoms with Crippen LogP contribution in [-0.2, 0) is 4.74 Å². The second kappa shape index (κ2) is 4.61. The molecule has 0 spiro atoms. The first-order valence-corrected chi connectivity index (χ1v) is 3.40. The zero-order valence-electron chi connectivity index (χ0n) is 7.40. The van der Waals surface area contributed by atoms with Crippen molar-refractivity contribution in [2.24, 2.45) is 0 Å². The standard InChI is InChI=1S/C9H15NO/c1-7(2)8(3)9(11-5)6-10-4/h6,10H,1,3H2,2,4-5H3/b9-6+. The molecule has 0 amide bonds. The molecule has 0 aliphatic carbocycles. The maximum Gasteiger partial charge on any atom is 0.141 e. The first-order chi connectivity index (χ1) is 5.13. The van der Waals surface area contributed by atoms with E-state index in [-0.39, 0.29) is 0 Å². The summed E-state index contributed by atoms with van der Waals surface area (Å²) in [4.78, 5) is 0. The Bertz CT molecular complexity index is 192. The predicted molar refractivity (Wildman–Crippen MR) is 48.1 cm³/mol. The fraction of sp³-hybridized carbons (Fsp3) is 0.333. The maximum absolute atomic E-state index is 5.05. The first kappa shape index (κ1) is 9.82. The smallest absolute Gasteiger partial charge is 0.141 e. The Hall–Kier alpha value is -1.18. The van der Waals surface area contributed by atoms with E-state index in [1.807, 2.05) is 14.0 Å². The van der Waals surface area contributed by atoms with Crippen LogP contribution in [0.3, 0.4) is 0 Å². The lowest BCUT2D eigenvalue weighted by atomic mass is 10.1. The fourth-order valence-corrected chi connectivity index (χ4v) is 0.611. The van der Waals surface area contributed by atoms with Crippen molar-refractivity contribution >= 4 is 0 Å². The van der Waals surface area contributed by atoms with Gasteiger partial charge in [-0.25, -0.2) is 0 Å². The number of hydrogen-bond acceptors (Lipinski definition) is 2. The van der Waals surface area contributed by atoms with Crippen LogP contribution in [-0.4, -0.2) is 14.2 Å². The minimum absolute atomic E-state index is 0.722. The number of methoxy groups -OCH3 is 1. The van der Waals surface area contributed by atoms with Gasteiger partial charge < -0.3 is 10.1 Å². The highest BCUT2D eigenvalue weighted by Crippen LogP contribution is 2.14. The molecule has 0 bridgehead atoms. The van der Waals surface area contributed by atoms with Crippen molar-refractivity contribution in [3.63, 3.8) is 0 Å². The summed E-state index contributed by atoms with van der Waals surface area (Å²) in [6.07, 6.45) is 1.75. The van der Waals surface area contributed by atoms with Gasteiger partial charge in [0.05, 0.1) is 7.11 Å². The van der Waals surface area contributed by atoms with Gasteiger partial charge in [-0.1, -0.05) is 13.2 Å². The van der Waals surface area contributed by atoms with Crippen LogP contribution in [0.1, 0.15) is 6.92 Å². The summed E-state index contributed by atoms with van der Waals surface area (Å²) in [5.74, 6) is 0.722. The summed E-state index contributed by atoms with van der Waals surface area (Å²) in [5, 5.41) is 2.87. The molecule has 0 saturated heterocycles. The van der Waals surface area contributed by atoms with Crippen LogP contribution < -0.4 is 5.32 Å². The van der Waals surface area contributed by atoms with Crippen LogP contribution in [0.4, 0.5) is 0 Å². The summed E-state index contributed by atoms with van der Waals surface area (Å²) < 4.78 is 5.05. The maximum atomic E-state index is 5.05. The fourth-order valence-electron chi connectivity index (χ4n) is 0.611. The van der Waals surface area contributed by atoms with Crippen LogP contribution in [0.15, 0.2) is 36.3 Å². The lowest BCUT2D eigenvalue weighted by molar-refractivity contribution is 0.300. The van der Waals surface area contributed by atoms with Gasteiger partial charge in [0.25, 0.3) is 0 Å². The van der Waals surface area contributed by atoms with Crippen molar-refractivity contribution in [2.45, 2.75) is 6.92 Å². The third-order valence-corrected chi connectivity index (χ3v) is 1.31. The molecule has 0 atom stereocenters. The largest absolute Gasteiger partial charge is 0.495 e. The molecule has 0 saturated carbocycles. The highest BCUT2D eigenvalue weighted by atomic mass is 16.5. The van der Waals surface area contributed by atoms with Crippen LogP contribution in [0.2, 0.25) is 0 Å². The Morgan fingerprint density at radius 3 is 2.27 bits per heavy atom. The Morgan fingerprint density at radius 2 is 2.00 bits per heavy atom. The second-order valence-corrected chi connectivity index (χ2v) is 2.26. The summed E-state index contributed by atoms with van der Waals surface area (Å²) in [7, 11) is 3.42. The molecule has 2 heteroatoms. The van der Waals surface area contributed by atoms with Gasteiger partial charge in [-0.15, -0.1) is 0 Å². The average Bonchev–Trinajstić information content (AvgIpc) is 1.98. The molecule has 0 rings (SSSR count). The summed E-state index contributed by atoms with van der Waals surface area (Å²) in [6.45, 7) is 9.46. The number of hydrogen-bond donors (Lipinski definition) is 1. The molecule has 0 unspecified atom stereocenters. The van der Waals surface area contributed by atoms with Gasteiger partial charge in [-0.3, -0.25) is 0 Å². The SMILES string of the molecule is C=C(C)C(=C)/C(=C\NC)OC. The summed E-state index contributed by atoms with van der Waals surface area (Å²) >= 11 is 0. The van der Waals surface area contributed by atoms with E-state index in [0.29, 0.717) is 0 Å². The molecule has 0 heterocycles. The van der Waals surface area contributed by atoms with Crippen LogP contribution in [0.25, 0.3) is 0 Å². The molecular formula is C9H15NO. The molecule has 0 radical (unpaired) electrons. The highest BCUT2D eigenvalue weighted by Gasteiger charge is 2.01. The van der Waals surface area contributed by atoms with Gasteiger partial charge >= 0.3 is 0 Å². The molecule has 1 N–H and O–H groups in total. The Labute approximate surface area is 68.3 Å². The van der Waals surface area contributed by atoms with E-state index in [1.54, 1.807) is 13.3 Å². The minimum atomic E-state index is 0.722. The second-order valence-electron chi connectivity index (χ2n) is 2.26. The Kier molecular flexibility index (Phi) is 4.11. The lowest BCUT2D eigenvalue weighted by Gasteiger charge is -2.08. The summed E-state index contributed by atoms with van der Waals surface area (Å²) in [6, 6.07) is 0. The molecule has 2 nitrogen and oxygen atoms in total. The van der Waals surface area contributed by atoms with Gasteiger partial charge in [0.15, 0.2) is 0 Å². The van der Waals surface area contributed by atoms with Gasteiger partial charge in [-0.05, 0) is 12.5 Å². The van der Waals surface area contributed by atoms with Crippen molar-refractivity contribution in [1.29, 1.82) is 0 Å². The average molecular weight is 153 g/mol. The van der Waals surface area contributed by atoms with Gasteiger partial charge in [0, 0.05) is 18.8 Å². The lowest BCUT2D eigenvalue weighted by Crippen LogP contribution is -2.00. The third-order valence-electron chi connectivity index (χ3n) is 1.31. The van der Waals surface area contributed by atoms with Crippen molar-refractivity contribution in [3.05, 3.63) is 36.3 Å². The Balaban J connectivity index is 4.39. The van der Waals surface area contributed by atoms with Crippen molar-refractivity contribution in [2.75, 3.05) is 14.2 Å². The normalized spacial score (nSPS) is 10.6. The van der Waals surface area contributed by atoms with E-state index in [0.717, 1.165) is 16.9 Å². The molecule has 0 aromatic carbocycles. The molecular weight excluding hydrogens is 138 g/mol. The van der Waals surface area contributed by atoms with E-state index in [9.17, 15) is 0 Å². The molecule has 0 aromatic rings.